The maximum absolute atomic E-state index is 10.0. The smallest absolute Gasteiger partial charge is 0.870 e. The van der Waals surface area contributed by atoms with Crippen molar-refractivity contribution >= 4 is 6.29 Å². The van der Waals surface area contributed by atoms with Crippen molar-refractivity contribution in [2.45, 2.75) is 26.2 Å². The summed E-state index contributed by atoms with van der Waals surface area (Å²) in [4.78, 5) is 13.8. The first-order valence-electron chi connectivity index (χ1n) is 3.26. The van der Waals surface area contributed by atoms with Crippen molar-refractivity contribution in [3.63, 3.8) is 0 Å². The average molecular weight is 193 g/mol. The molecule has 0 saturated carbocycles. The van der Waals surface area contributed by atoms with Gasteiger partial charge in [0.2, 0.25) is 5.89 Å². The number of rotatable bonds is 1. The maximum Gasteiger partial charge on any atom is 1.00 e. The molecule has 13 heavy (non-hydrogen) atoms. The Balaban J connectivity index is 0. The zero-order valence-electron chi connectivity index (χ0n) is 8.16. The van der Waals surface area contributed by atoms with Crippen molar-refractivity contribution < 1.29 is 44.4 Å². The zero-order chi connectivity index (χ0) is 8.48. The standard InChI is InChI=1S/C7H9N2O2.Na.H2O/c1-7(2,3)6-8-5(4-10)9-11-6;;/h1-3H3;;1H2/q-1;+1;/p-1. The molecular weight excluding hydrogens is 183 g/mol. The van der Waals surface area contributed by atoms with Gasteiger partial charge in [-0.2, -0.15) is 6.29 Å². The summed E-state index contributed by atoms with van der Waals surface area (Å²) in [5.41, 5.74) is -0.206. The van der Waals surface area contributed by atoms with E-state index in [1.807, 2.05) is 20.8 Å². The Morgan fingerprint density at radius 3 is 2.15 bits per heavy atom. The minimum Gasteiger partial charge on any atom is -0.870 e. The third-order valence-electron chi connectivity index (χ3n) is 1.16. The second-order valence-electron chi connectivity index (χ2n) is 3.28. The molecule has 0 aliphatic heterocycles. The van der Waals surface area contributed by atoms with Crippen molar-refractivity contribution in [1.82, 2.24) is 10.1 Å². The SMILES string of the molecule is CC(C)(C)c1nc([C-]=O)no1.[Na+].[OH-]. The van der Waals surface area contributed by atoms with Gasteiger partial charge in [-0.15, -0.1) is 0 Å². The summed E-state index contributed by atoms with van der Waals surface area (Å²) in [7, 11) is 0. The molecule has 1 rings (SSSR count). The van der Waals surface area contributed by atoms with Gasteiger partial charge in [0, 0.05) is 5.41 Å². The molecule has 6 heteroatoms. The Kier molecular flexibility index (Phi) is 6.44. The first-order valence-corrected chi connectivity index (χ1v) is 3.26. The molecule has 5 nitrogen and oxygen atoms in total. The van der Waals surface area contributed by atoms with Crippen molar-refractivity contribution in [2.24, 2.45) is 0 Å². The van der Waals surface area contributed by atoms with Gasteiger partial charge in [0.05, 0.1) is 5.82 Å². The van der Waals surface area contributed by atoms with Gasteiger partial charge in [-0.1, -0.05) is 25.9 Å². The second kappa shape index (κ2) is 5.49. The van der Waals surface area contributed by atoms with Crippen LogP contribution in [0.4, 0.5) is 0 Å². The predicted octanol–water partition coefficient (Wildman–Crippen LogP) is -2.35. The van der Waals surface area contributed by atoms with E-state index in [1.54, 1.807) is 6.29 Å². The molecule has 0 spiro atoms. The molecule has 0 radical (unpaired) electrons. The molecule has 0 saturated heterocycles. The summed E-state index contributed by atoms with van der Waals surface area (Å²) in [5.74, 6) is 0.436. The van der Waals surface area contributed by atoms with Crippen LogP contribution in [0, 0.1) is 0 Å². The van der Waals surface area contributed by atoms with Crippen molar-refractivity contribution in [3.05, 3.63) is 11.7 Å². The van der Waals surface area contributed by atoms with Crippen LogP contribution in [0.25, 0.3) is 0 Å². The maximum atomic E-state index is 10.0. The molecule has 0 fully saturated rings. The molecule has 1 N–H and O–H groups in total. The molecular formula is C7H10N2NaO3-. The molecule has 0 amide bonds. The minimum absolute atomic E-state index is 0. The van der Waals surface area contributed by atoms with Gasteiger partial charge in [0.25, 0.3) is 0 Å². The fourth-order valence-electron chi connectivity index (χ4n) is 0.570. The Hall–Kier alpha value is -0.230. The predicted molar refractivity (Wildman–Crippen MR) is 39.7 cm³/mol. The third kappa shape index (κ3) is 3.99. The summed E-state index contributed by atoms with van der Waals surface area (Å²) in [6.07, 6.45) is 1.55. The van der Waals surface area contributed by atoms with E-state index in [0.29, 0.717) is 5.89 Å². The number of aromatic nitrogens is 2. The van der Waals surface area contributed by atoms with E-state index in [2.05, 4.69) is 10.1 Å². The Bertz CT molecular complexity index is 267. The fourth-order valence-corrected chi connectivity index (χ4v) is 0.570. The Morgan fingerprint density at radius 2 is 1.92 bits per heavy atom. The van der Waals surface area contributed by atoms with E-state index in [-0.39, 0.29) is 46.3 Å². The van der Waals surface area contributed by atoms with Gasteiger partial charge in [0.1, 0.15) is 0 Å². The number of carbonyl (C=O) groups excluding carboxylic acids is 1. The monoisotopic (exact) mass is 193 g/mol. The molecule has 0 aliphatic rings. The molecule has 1 aromatic heterocycles. The van der Waals surface area contributed by atoms with Crippen LogP contribution in [0.2, 0.25) is 0 Å². The third-order valence-corrected chi connectivity index (χ3v) is 1.16. The Labute approximate surface area is 98.5 Å². The van der Waals surface area contributed by atoms with Gasteiger partial charge >= 0.3 is 29.6 Å². The van der Waals surface area contributed by atoms with Gasteiger partial charge < -0.3 is 14.8 Å². The minimum atomic E-state index is -0.206. The molecule has 0 atom stereocenters. The first-order chi connectivity index (χ1) is 5.04. The molecule has 1 heterocycles. The van der Waals surface area contributed by atoms with Crippen LogP contribution in [0.1, 0.15) is 32.5 Å². The fraction of sp³-hybridized carbons (Fsp3) is 0.571. The summed E-state index contributed by atoms with van der Waals surface area (Å²) < 4.78 is 4.80. The summed E-state index contributed by atoms with van der Waals surface area (Å²) in [5, 5.41) is 3.39. The van der Waals surface area contributed by atoms with E-state index in [0.717, 1.165) is 0 Å². The van der Waals surface area contributed by atoms with Crippen LogP contribution in [-0.4, -0.2) is 21.9 Å². The van der Waals surface area contributed by atoms with E-state index < -0.39 is 0 Å². The van der Waals surface area contributed by atoms with Crippen LogP contribution >= 0.6 is 0 Å². The van der Waals surface area contributed by atoms with Crippen LogP contribution in [0.15, 0.2) is 4.52 Å². The normalized spacial score (nSPS) is 9.77. The molecule has 0 unspecified atom stereocenters. The van der Waals surface area contributed by atoms with Crippen molar-refractivity contribution in [2.75, 3.05) is 0 Å². The van der Waals surface area contributed by atoms with E-state index in [1.165, 1.54) is 0 Å². The average Bonchev–Trinajstić information content (AvgIpc) is 2.32. The summed E-state index contributed by atoms with van der Waals surface area (Å²) >= 11 is 0. The zero-order valence-corrected chi connectivity index (χ0v) is 10.2. The van der Waals surface area contributed by atoms with E-state index in [9.17, 15) is 4.79 Å². The Morgan fingerprint density at radius 1 is 1.38 bits per heavy atom. The quantitative estimate of drug-likeness (QED) is 0.368. The molecule has 0 aromatic carbocycles. The van der Waals surface area contributed by atoms with Crippen LogP contribution in [0.5, 0.6) is 0 Å². The molecule has 0 aliphatic carbocycles. The number of hydrogen-bond donors (Lipinski definition) is 0. The number of hydrogen-bond acceptors (Lipinski definition) is 5. The van der Waals surface area contributed by atoms with Crippen molar-refractivity contribution in [3.8, 4) is 0 Å². The first kappa shape index (κ1) is 15.3. The van der Waals surface area contributed by atoms with Crippen LogP contribution in [-0.2, 0) is 10.2 Å². The molecule has 68 valence electrons. The van der Waals surface area contributed by atoms with Gasteiger partial charge in [-0.25, -0.2) is 4.98 Å². The topological polar surface area (TPSA) is 86.0 Å². The molecule has 1 aromatic rings. The largest absolute Gasteiger partial charge is 1.00 e. The van der Waals surface area contributed by atoms with E-state index in [4.69, 9.17) is 4.52 Å². The van der Waals surface area contributed by atoms with Crippen molar-refractivity contribution in [1.29, 1.82) is 0 Å². The summed E-state index contributed by atoms with van der Waals surface area (Å²) in [6.45, 7) is 5.78. The number of nitrogens with zero attached hydrogens (tertiary/aromatic N) is 2. The second-order valence-corrected chi connectivity index (χ2v) is 3.28. The van der Waals surface area contributed by atoms with Gasteiger partial charge in [-0.3, -0.25) is 0 Å². The molecule has 0 bridgehead atoms. The summed E-state index contributed by atoms with van der Waals surface area (Å²) in [6, 6.07) is 0. The van der Waals surface area contributed by atoms with Gasteiger partial charge in [0.15, 0.2) is 0 Å². The van der Waals surface area contributed by atoms with Crippen LogP contribution < -0.4 is 29.6 Å². The van der Waals surface area contributed by atoms with Gasteiger partial charge in [-0.05, 0) is 0 Å². The van der Waals surface area contributed by atoms with E-state index >= 15 is 0 Å². The van der Waals surface area contributed by atoms with Crippen LogP contribution in [0.3, 0.4) is 0 Å².